The Morgan fingerprint density at radius 1 is 1.09 bits per heavy atom. The number of carbonyl (C=O) groups is 1. The van der Waals surface area contributed by atoms with Gasteiger partial charge in [-0.1, -0.05) is 42.5 Å². The number of carbonyl (C=O) groups excluding carboxylic acids is 1. The van der Waals surface area contributed by atoms with E-state index >= 15 is 0 Å². The van der Waals surface area contributed by atoms with Crippen molar-refractivity contribution in [2.45, 2.75) is 12.6 Å². The van der Waals surface area contributed by atoms with Crippen LogP contribution in [0.15, 0.2) is 83.9 Å². The summed E-state index contributed by atoms with van der Waals surface area (Å²) in [6.45, 7) is 0.277. The first-order valence-corrected chi connectivity index (χ1v) is 10.1. The Balaban J connectivity index is 1.64. The molecule has 8 nitrogen and oxygen atoms in total. The molecule has 0 radical (unpaired) electrons. The topological polar surface area (TPSA) is 91.0 Å². The Morgan fingerprint density at radius 3 is 2.62 bits per heavy atom. The molecule has 0 aliphatic carbocycles. The number of hydrogen-bond donors (Lipinski definition) is 1. The van der Waals surface area contributed by atoms with Crippen molar-refractivity contribution in [2.75, 3.05) is 7.11 Å². The second kappa shape index (κ2) is 9.30. The van der Waals surface area contributed by atoms with Crippen LogP contribution in [0.25, 0.3) is 0 Å². The molecule has 1 atom stereocenters. The average Bonchev–Trinajstić information content (AvgIpc) is 3.25. The van der Waals surface area contributed by atoms with E-state index in [4.69, 9.17) is 4.74 Å². The molecule has 0 bridgehead atoms. The van der Waals surface area contributed by atoms with Crippen molar-refractivity contribution in [2.24, 2.45) is 7.05 Å². The maximum Gasteiger partial charge on any atom is 0.272 e. The number of methoxy groups -OCH3 is 1. The van der Waals surface area contributed by atoms with Gasteiger partial charge in [0, 0.05) is 25.5 Å². The molecule has 0 saturated heterocycles. The third-order valence-corrected chi connectivity index (χ3v) is 5.09. The summed E-state index contributed by atoms with van der Waals surface area (Å²) in [5.74, 6) is 0.914. The van der Waals surface area contributed by atoms with E-state index in [1.54, 1.807) is 13.3 Å². The molecule has 32 heavy (non-hydrogen) atoms. The van der Waals surface area contributed by atoms with Gasteiger partial charge in [0.25, 0.3) is 11.5 Å². The summed E-state index contributed by atoms with van der Waals surface area (Å²) < 4.78 is 8.46. The lowest BCUT2D eigenvalue weighted by Gasteiger charge is -2.19. The first-order chi connectivity index (χ1) is 15.5. The van der Waals surface area contributed by atoms with Gasteiger partial charge in [-0.25, -0.2) is 9.67 Å². The number of aromatic nitrogens is 4. The van der Waals surface area contributed by atoms with Gasteiger partial charge >= 0.3 is 0 Å². The Morgan fingerprint density at radius 2 is 1.91 bits per heavy atom. The molecule has 0 aliphatic heterocycles. The highest BCUT2D eigenvalue weighted by Gasteiger charge is 2.23. The van der Waals surface area contributed by atoms with Crippen LogP contribution in [-0.4, -0.2) is 32.3 Å². The van der Waals surface area contributed by atoms with Crippen LogP contribution in [-0.2, 0) is 13.6 Å². The van der Waals surface area contributed by atoms with Crippen molar-refractivity contribution in [1.82, 2.24) is 24.6 Å². The van der Waals surface area contributed by atoms with Crippen LogP contribution in [0.5, 0.6) is 5.75 Å². The highest BCUT2D eigenvalue weighted by Crippen LogP contribution is 2.24. The van der Waals surface area contributed by atoms with Gasteiger partial charge in [-0.05, 0) is 29.3 Å². The van der Waals surface area contributed by atoms with Gasteiger partial charge in [0.2, 0.25) is 0 Å². The minimum absolute atomic E-state index is 0.141. The number of nitrogens with zero attached hydrogens (tertiary/aromatic N) is 4. The molecule has 162 valence electrons. The summed E-state index contributed by atoms with van der Waals surface area (Å²) >= 11 is 0. The Hall–Kier alpha value is -4.20. The molecule has 0 spiro atoms. The summed E-state index contributed by atoms with van der Waals surface area (Å²) in [7, 11) is 3.45. The van der Waals surface area contributed by atoms with Crippen LogP contribution in [0.1, 0.15) is 33.5 Å². The standard InChI is InChI=1S/C24H23N5O3/c1-28-14-13-25-23(28)22(18-9-6-10-19(15-18)32-2)26-24(31)20-11-12-21(30)29(27-20)16-17-7-4-3-5-8-17/h3-15,22H,16H2,1-2H3,(H,26,31). The van der Waals surface area contributed by atoms with Crippen molar-refractivity contribution in [1.29, 1.82) is 0 Å². The summed E-state index contributed by atoms with van der Waals surface area (Å²) in [5.41, 5.74) is 1.59. The first kappa shape index (κ1) is 21.0. The Bertz CT molecular complexity index is 1280. The van der Waals surface area contributed by atoms with E-state index in [9.17, 15) is 9.59 Å². The van der Waals surface area contributed by atoms with Gasteiger partial charge in [-0.15, -0.1) is 0 Å². The molecular formula is C24H23N5O3. The maximum atomic E-state index is 13.1. The SMILES string of the molecule is COc1cccc(C(NC(=O)c2ccc(=O)n(Cc3ccccc3)n2)c2nccn2C)c1. The lowest BCUT2D eigenvalue weighted by molar-refractivity contribution is 0.0933. The van der Waals surface area contributed by atoms with E-state index in [0.717, 1.165) is 11.1 Å². The number of aryl methyl sites for hydroxylation is 1. The molecule has 1 unspecified atom stereocenters. The van der Waals surface area contributed by atoms with Crippen LogP contribution < -0.4 is 15.6 Å². The molecule has 1 N–H and O–H groups in total. The third-order valence-electron chi connectivity index (χ3n) is 5.09. The quantitative estimate of drug-likeness (QED) is 0.488. The fraction of sp³-hybridized carbons (Fsp3) is 0.167. The molecule has 8 heteroatoms. The largest absolute Gasteiger partial charge is 0.497 e. The van der Waals surface area contributed by atoms with Gasteiger partial charge in [-0.2, -0.15) is 5.10 Å². The number of benzene rings is 2. The monoisotopic (exact) mass is 429 g/mol. The van der Waals surface area contributed by atoms with E-state index in [-0.39, 0.29) is 17.8 Å². The van der Waals surface area contributed by atoms with Crippen LogP contribution in [0.4, 0.5) is 0 Å². The zero-order valence-corrected chi connectivity index (χ0v) is 17.8. The number of imidazole rings is 1. The smallest absolute Gasteiger partial charge is 0.272 e. The second-order valence-corrected chi connectivity index (χ2v) is 7.28. The van der Waals surface area contributed by atoms with E-state index in [0.29, 0.717) is 11.6 Å². The highest BCUT2D eigenvalue weighted by atomic mass is 16.5. The lowest BCUT2D eigenvalue weighted by Crippen LogP contribution is -2.34. The van der Waals surface area contributed by atoms with Gasteiger partial charge < -0.3 is 14.6 Å². The van der Waals surface area contributed by atoms with E-state index < -0.39 is 11.9 Å². The van der Waals surface area contributed by atoms with Crippen molar-refractivity contribution in [3.8, 4) is 5.75 Å². The van der Waals surface area contributed by atoms with Crippen molar-refractivity contribution < 1.29 is 9.53 Å². The molecule has 2 heterocycles. The average molecular weight is 429 g/mol. The predicted octanol–water partition coefficient (Wildman–Crippen LogP) is 2.55. The predicted molar refractivity (Wildman–Crippen MR) is 120 cm³/mol. The van der Waals surface area contributed by atoms with E-state index in [2.05, 4.69) is 15.4 Å². The summed E-state index contributed by atoms with van der Waals surface area (Å²) in [4.78, 5) is 29.8. The fourth-order valence-corrected chi connectivity index (χ4v) is 3.42. The summed E-state index contributed by atoms with van der Waals surface area (Å²) in [6, 6.07) is 19.2. The van der Waals surface area contributed by atoms with E-state index in [1.807, 2.05) is 72.4 Å². The fourth-order valence-electron chi connectivity index (χ4n) is 3.42. The number of rotatable bonds is 7. The molecule has 0 fully saturated rings. The normalized spacial score (nSPS) is 11.7. The Kier molecular flexibility index (Phi) is 6.12. The Labute approximate surface area is 185 Å². The molecule has 4 rings (SSSR count). The minimum atomic E-state index is -0.533. The zero-order chi connectivity index (χ0) is 22.5. The maximum absolute atomic E-state index is 13.1. The molecular weight excluding hydrogens is 406 g/mol. The number of amides is 1. The first-order valence-electron chi connectivity index (χ1n) is 10.1. The third kappa shape index (κ3) is 4.59. The van der Waals surface area contributed by atoms with Crippen molar-refractivity contribution in [3.63, 3.8) is 0 Å². The van der Waals surface area contributed by atoms with Gasteiger partial charge in [0.15, 0.2) is 0 Å². The number of ether oxygens (including phenoxy) is 1. The van der Waals surface area contributed by atoms with Crippen molar-refractivity contribution in [3.05, 3.63) is 112 Å². The van der Waals surface area contributed by atoms with Gasteiger partial charge in [-0.3, -0.25) is 9.59 Å². The van der Waals surface area contributed by atoms with Gasteiger partial charge in [0.05, 0.1) is 13.7 Å². The van der Waals surface area contributed by atoms with Crippen LogP contribution in [0, 0.1) is 0 Å². The molecule has 2 aromatic carbocycles. The van der Waals surface area contributed by atoms with Crippen LogP contribution in [0.2, 0.25) is 0 Å². The van der Waals surface area contributed by atoms with Crippen molar-refractivity contribution >= 4 is 5.91 Å². The number of nitrogens with one attached hydrogen (secondary N) is 1. The minimum Gasteiger partial charge on any atom is -0.497 e. The molecule has 0 saturated carbocycles. The molecule has 0 aliphatic rings. The summed E-state index contributed by atoms with van der Waals surface area (Å²) in [5, 5.41) is 7.29. The lowest BCUT2D eigenvalue weighted by atomic mass is 10.1. The molecule has 1 amide bonds. The highest BCUT2D eigenvalue weighted by molar-refractivity contribution is 5.92. The van der Waals surface area contributed by atoms with E-state index in [1.165, 1.54) is 16.8 Å². The zero-order valence-electron chi connectivity index (χ0n) is 17.8. The second-order valence-electron chi connectivity index (χ2n) is 7.28. The van der Waals surface area contributed by atoms with Crippen LogP contribution in [0.3, 0.4) is 0 Å². The van der Waals surface area contributed by atoms with Crippen LogP contribution >= 0.6 is 0 Å². The molecule has 4 aromatic rings. The van der Waals surface area contributed by atoms with Gasteiger partial charge in [0.1, 0.15) is 23.3 Å². The number of hydrogen-bond acceptors (Lipinski definition) is 5. The summed E-state index contributed by atoms with van der Waals surface area (Å²) in [6.07, 6.45) is 3.49. The molecule has 2 aromatic heterocycles.